The second-order valence-corrected chi connectivity index (χ2v) is 8.23. The zero-order valence-electron chi connectivity index (χ0n) is 19.7. The minimum Gasteiger partial charge on any atom is -0.508 e. The third kappa shape index (κ3) is 3.65. The normalized spacial score (nSPS) is 14.8. The van der Waals surface area contributed by atoms with Gasteiger partial charge in [0.15, 0.2) is 11.5 Å². The van der Waals surface area contributed by atoms with Crippen LogP contribution in [0, 0.1) is 0 Å². The van der Waals surface area contributed by atoms with Crippen LogP contribution in [0.2, 0.25) is 0 Å². The molecule has 0 saturated carbocycles. The van der Waals surface area contributed by atoms with E-state index in [9.17, 15) is 19.8 Å². The topological polar surface area (TPSA) is 125 Å². The molecule has 4 aromatic rings. The third-order valence-electron chi connectivity index (χ3n) is 6.24. The maximum atomic E-state index is 13.5. The number of esters is 1. The van der Waals surface area contributed by atoms with Gasteiger partial charge in [-0.25, -0.2) is 0 Å². The smallest absolute Gasteiger partial charge is 0.312 e. The number of carbonyl (C=O) groups is 1. The fraction of sp³-hybridized carbons (Fsp3) is 0.185. The molecule has 0 aliphatic carbocycles. The lowest BCUT2D eigenvalue weighted by molar-refractivity contribution is -0.135. The second-order valence-electron chi connectivity index (χ2n) is 8.23. The van der Waals surface area contributed by atoms with Gasteiger partial charge in [-0.3, -0.25) is 9.59 Å². The number of fused-ring (bicyclic) bond motifs is 3. The summed E-state index contributed by atoms with van der Waals surface area (Å²) in [5, 5.41) is 20.3. The van der Waals surface area contributed by atoms with Crippen molar-refractivity contribution in [1.82, 2.24) is 0 Å². The van der Waals surface area contributed by atoms with Gasteiger partial charge in [-0.2, -0.15) is 0 Å². The molecule has 1 aliphatic heterocycles. The Morgan fingerprint density at radius 2 is 1.58 bits per heavy atom. The number of rotatable bonds is 5. The van der Waals surface area contributed by atoms with E-state index in [-0.39, 0.29) is 40.2 Å². The lowest BCUT2D eigenvalue weighted by Crippen LogP contribution is -2.22. The van der Waals surface area contributed by atoms with Crippen LogP contribution in [0.3, 0.4) is 0 Å². The minimum absolute atomic E-state index is 0.0466. The van der Waals surface area contributed by atoms with E-state index >= 15 is 0 Å². The summed E-state index contributed by atoms with van der Waals surface area (Å²) in [5.74, 6) is -0.160. The summed E-state index contributed by atoms with van der Waals surface area (Å²) >= 11 is 0. The molecular formula is C27H22O9. The van der Waals surface area contributed by atoms with Gasteiger partial charge in [0.1, 0.15) is 34.5 Å². The molecule has 1 aromatic heterocycles. The van der Waals surface area contributed by atoms with Gasteiger partial charge in [-0.05, 0) is 35.4 Å². The van der Waals surface area contributed by atoms with Crippen LogP contribution in [0.4, 0.5) is 0 Å². The van der Waals surface area contributed by atoms with Crippen molar-refractivity contribution >= 4 is 16.9 Å². The highest BCUT2D eigenvalue weighted by Gasteiger charge is 2.34. The van der Waals surface area contributed by atoms with E-state index in [2.05, 4.69) is 0 Å². The van der Waals surface area contributed by atoms with Crippen LogP contribution >= 0.6 is 0 Å². The predicted octanol–water partition coefficient (Wildman–Crippen LogP) is 4.34. The van der Waals surface area contributed by atoms with Crippen LogP contribution in [0.1, 0.15) is 23.5 Å². The maximum absolute atomic E-state index is 13.5. The minimum atomic E-state index is -0.597. The van der Waals surface area contributed by atoms with E-state index < -0.39 is 17.3 Å². The van der Waals surface area contributed by atoms with E-state index in [1.807, 2.05) is 0 Å². The van der Waals surface area contributed by atoms with Gasteiger partial charge in [0, 0.05) is 17.5 Å². The Morgan fingerprint density at radius 1 is 0.917 bits per heavy atom. The SMILES string of the molecule is COc1cc([C@H]2CC(=O)Oc3cc(O)c4c(=O)c(-c5ccc(O)cc5)coc4c32)cc(OC)c1OC. The summed E-state index contributed by atoms with van der Waals surface area (Å²) < 4.78 is 27.7. The zero-order valence-corrected chi connectivity index (χ0v) is 19.7. The Balaban J connectivity index is 1.76. The van der Waals surface area contributed by atoms with Gasteiger partial charge in [0.2, 0.25) is 11.2 Å². The highest BCUT2D eigenvalue weighted by Crippen LogP contribution is 2.48. The Labute approximate surface area is 205 Å². The van der Waals surface area contributed by atoms with Crippen molar-refractivity contribution in [3.8, 4) is 45.6 Å². The molecule has 0 spiro atoms. The number of ether oxygens (including phenoxy) is 4. The van der Waals surface area contributed by atoms with Crippen molar-refractivity contribution in [2.45, 2.75) is 12.3 Å². The first-order chi connectivity index (χ1) is 17.4. The van der Waals surface area contributed by atoms with Crippen molar-refractivity contribution in [2.75, 3.05) is 21.3 Å². The predicted molar refractivity (Wildman–Crippen MR) is 129 cm³/mol. The van der Waals surface area contributed by atoms with Crippen LogP contribution < -0.4 is 24.4 Å². The van der Waals surface area contributed by atoms with Crippen LogP contribution in [-0.2, 0) is 4.79 Å². The fourth-order valence-corrected chi connectivity index (χ4v) is 4.56. The molecule has 5 rings (SSSR count). The molecule has 9 heteroatoms. The van der Waals surface area contributed by atoms with Gasteiger partial charge in [0.25, 0.3) is 0 Å². The molecule has 3 aromatic carbocycles. The lowest BCUT2D eigenvalue weighted by atomic mass is 9.84. The average molecular weight is 490 g/mol. The van der Waals surface area contributed by atoms with E-state index in [4.69, 9.17) is 23.4 Å². The molecule has 184 valence electrons. The summed E-state index contributed by atoms with van der Waals surface area (Å²) in [4.78, 5) is 26.0. The maximum Gasteiger partial charge on any atom is 0.312 e. The summed E-state index contributed by atoms with van der Waals surface area (Å²) in [7, 11) is 4.47. The van der Waals surface area contributed by atoms with Gasteiger partial charge >= 0.3 is 5.97 Å². The molecule has 2 heterocycles. The van der Waals surface area contributed by atoms with E-state index in [1.165, 1.54) is 45.8 Å². The van der Waals surface area contributed by atoms with E-state index in [1.54, 1.807) is 24.3 Å². The average Bonchev–Trinajstić information content (AvgIpc) is 2.87. The molecule has 0 radical (unpaired) electrons. The number of aromatic hydroxyl groups is 2. The van der Waals surface area contributed by atoms with Crippen LogP contribution in [-0.4, -0.2) is 37.5 Å². The summed E-state index contributed by atoms with van der Waals surface area (Å²) in [6.45, 7) is 0. The summed E-state index contributed by atoms with van der Waals surface area (Å²) in [6.07, 6.45) is 1.24. The number of phenols is 2. The molecular weight excluding hydrogens is 468 g/mol. The van der Waals surface area contributed by atoms with Crippen molar-refractivity contribution in [3.63, 3.8) is 0 Å². The molecule has 0 fully saturated rings. The quantitative estimate of drug-likeness (QED) is 0.310. The number of hydrogen-bond donors (Lipinski definition) is 2. The summed E-state index contributed by atoms with van der Waals surface area (Å²) in [5.41, 5.74) is 1.42. The Kier molecular flexibility index (Phi) is 5.68. The molecule has 2 N–H and O–H groups in total. The van der Waals surface area contributed by atoms with Crippen LogP contribution in [0.5, 0.6) is 34.5 Å². The highest BCUT2D eigenvalue weighted by atomic mass is 16.5. The van der Waals surface area contributed by atoms with Crippen molar-refractivity contribution in [3.05, 3.63) is 70.1 Å². The molecule has 9 nitrogen and oxygen atoms in total. The van der Waals surface area contributed by atoms with Crippen molar-refractivity contribution in [2.24, 2.45) is 0 Å². The Morgan fingerprint density at radius 3 is 2.19 bits per heavy atom. The van der Waals surface area contributed by atoms with Crippen molar-refractivity contribution in [1.29, 1.82) is 0 Å². The fourth-order valence-electron chi connectivity index (χ4n) is 4.56. The number of methoxy groups -OCH3 is 3. The summed E-state index contributed by atoms with van der Waals surface area (Å²) in [6, 6.07) is 10.7. The first kappa shape index (κ1) is 23.1. The monoisotopic (exact) mass is 490 g/mol. The molecule has 0 amide bonds. The second kappa shape index (κ2) is 8.84. The van der Waals surface area contributed by atoms with Gasteiger partial charge in [-0.1, -0.05) is 12.1 Å². The van der Waals surface area contributed by atoms with Crippen molar-refractivity contribution < 1.29 is 38.4 Å². The largest absolute Gasteiger partial charge is 0.508 e. The van der Waals surface area contributed by atoms with Crippen LogP contribution in [0.25, 0.3) is 22.1 Å². The molecule has 0 bridgehead atoms. The van der Waals surface area contributed by atoms with Gasteiger partial charge < -0.3 is 33.6 Å². The molecule has 0 saturated heterocycles. The Hall–Kier alpha value is -4.66. The molecule has 36 heavy (non-hydrogen) atoms. The lowest BCUT2D eigenvalue weighted by Gasteiger charge is -2.27. The Bertz CT molecular complexity index is 1530. The first-order valence-electron chi connectivity index (χ1n) is 11.0. The molecule has 0 unspecified atom stereocenters. The number of phenolic OH excluding ortho intramolecular Hbond substituents is 2. The van der Waals surface area contributed by atoms with Crippen LogP contribution in [0.15, 0.2) is 57.9 Å². The number of carbonyl (C=O) groups excluding carboxylic acids is 1. The number of benzene rings is 3. The zero-order chi connectivity index (χ0) is 25.6. The van der Waals surface area contributed by atoms with Gasteiger partial charge in [0.05, 0.1) is 33.3 Å². The first-order valence-corrected chi connectivity index (χ1v) is 11.0. The number of hydrogen-bond acceptors (Lipinski definition) is 9. The third-order valence-corrected chi connectivity index (χ3v) is 6.24. The van der Waals surface area contributed by atoms with E-state index in [0.29, 0.717) is 33.9 Å². The highest BCUT2D eigenvalue weighted by molar-refractivity contribution is 5.94. The molecule has 1 atom stereocenters. The standard InChI is InChI=1S/C27H22O9/c1-32-20-8-14(9-21(33-2)26(20)34-3)16-10-22(30)36-19-11-18(29)24-25(31)17(12-35-27(24)23(16)19)13-4-6-15(28)7-5-13/h4-9,11-12,16,28-29H,10H2,1-3H3/t16-/m1/s1. The van der Waals surface area contributed by atoms with Gasteiger partial charge in [-0.15, -0.1) is 0 Å². The van der Waals surface area contributed by atoms with E-state index in [0.717, 1.165) is 0 Å². The molecule has 1 aliphatic rings.